The van der Waals surface area contributed by atoms with Crippen molar-refractivity contribution in [1.29, 1.82) is 0 Å². The van der Waals surface area contributed by atoms with Gasteiger partial charge in [0.25, 0.3) is 5.91 Å². The van der Waals surface area contributed by atoms with E-state index in [0.717, 1.165) is 24.1 Å². The second kappa shape index (κ2) is 7.10. The number of halogens is 3. The summed E-state index contributed by atoms with van der Waals surface area (Å²) in [7, 11) is 0. The van der Waals surface area contributed by atoms with Gasteiger partial charge in [-0.15, -0.1) is 0 Å². The molecule has 3 heterocycles. The van der Waals surface area contributed by atoms with Gasteiger partial charge < -0.3 is 4.90 Å². The number of amides is 1. The zero-order valence-corrected chi connectivity index (χ0v) is 14.8. The van der Waals surface area contributed by atoms with E-state index in [9.17, 15) is 18.0 Å². The first-order chi connectivity index (χ1) is 13.4. The van der Waals surface area contributed by atoms with Crippen LogP contribution in [0, 0.1) is 0 Å². The van der Waals surface area contributed by atoms with Gasteiger partial charge in [-0.25, -0.2) is 0 Å². The summed E-state index contributed by atoms with van der Waals surface area (Å²) < 4.78 is 38.3. The summed E-state index contributed by atoms with van der Waals surface area (Å²) in [6.45, 7) is 1.18. The number of H-pyrrole nitrogens is 1. The maximum absolute atomic E-state index is 13.0. The van der Waals surface area contributed by atoms with Crippen molar-refractivity contribution in [2.24, 2.45) is 0 Å². The molecule has 1 fully saturated rings. The molecular weight excluding hydrogens is 369 g/mol. The maximum atomic E-state index is 13.0. The number of likely N-dealkylation sites (tertiary alicyclic amines) is 1. The number of hydrogen-bond acceptors (Lipinski definition) is 3. The Kier molecular flexibility index (Phi) is 4.62. The van der Waals surface area contributed by atoms with Crippen molar-refractivity contribution in [3.05, 3.63) is 71.7 Å². The maximum Gasteiger partial charge on any atom is 0.416 e. The van der Waals surface area contributed by atoms with Crippen LogP contribution in [0.1, 0.15) is 33.8 Å². The molecular formula is C20H17F3N4O. The zero-order chi connectivity index (χ0) is 19.7. The Morgan fingerprint density at radius 3 is 2.61 bits per heavy atom. The molecule has 1 amide bonds. The molecule has 0 spiro atoms. The lowest BCUT2D eigenvalue weighted by molar-refractivity contribution is -0.137. The zero-order valence-electron chi connectivity index (χ0n) is 14.8. The first-order valence-corrected chi connectivity index (χ1v) is 8.83. The fourth-order valence-electron chi connectivity index (χ4n) is 3.50. The normalized spacial score (nSPS) is 17.1. The third-order valence-corrected chi connectivity index (χ3v) is 5.00. The highest BCUT2D eigenvalue weighted by Gasteiger charge is 2.32. The lowest BCUT2D eigenvalue weighted by Crippen LogP contribution is -2.28. The van der Waals surface area contributed by atoms with Crippen molar-refractivity contribution >= 4 is 5.91 Å². The van der Waals surface area contributed by atoms with Crippen LogP contribution in [0.5, 0.6) is 0 Å². The molecule has 1 aromatic carbocycles. The van der Waals surface area contributed by atoms with Gasteiger partial charge in [-0.3, -0.25) is 14.9 Å². The van der Waals surface area contributed by atoms with Gasteiger partial charge in [0, 0.05) is 37.0 Å². The van der Waals surface area contributed by atoms with E-state index < -0.39 is 11.7 Å². The number of nitrogens with zero attached hydrogens (tertiary/aromatic N) is 3. The largest absolute Gasteiger partial charge is 0.416 e. The topological polar surface area (TPSA) is 61.9 Å². The molecule has 1 saturated heterocycles. The molecule has 2 aromatic heterocycles. The third kappa shape index (κ3) is 3.49. The molecule has 5 nitrogen and oxygen atoms in total. The van der Waals surface area contributed by atoms with Gasteiger partial charge in [-0.05, 0) is 30.2 Å². The molecule has 0 aliphatic carbocycles. The molecule has 1 aliphatic rings. The van der Waals surface area contributed by atoms with Crippen LogP contribution in [0.3, 0.4) is 0 Å². The van der Waals surface area contributed by atoms with E-state index >= 15 is 0 Å². The van der Waals surface area contributed by atoms with Crippen LogP contribution < -0.4 is 0 Å². The number of aromatic amines is 1. The number of carbonyl (C=O) groups excluding carboxylic acids is 1. The highest BCUT2D eigenvalue weighted by molar-refractivity contribution is 6.00. The van der Waals surface area contributed by atoms with E-state index in [0.29, 0.717) is 29.9 Å². The Morgan fingerprint density at radius 2 is 1.93 bits per heavy atom. The third-order valence-electron chi connectivity index (χ3n) is 5.00. The van der Waals surface area contributed by atoms with Crippen molar-refractivity contribution in [3.63, 3.8) is 0 Å². The number of nitrogens with one attached hydrogen (secondary N) is 1. The molecule has 4 rings (SSSR count). The summed E-state index contributed by atoms with van der Waals surface area (Å²) in [5, 5.41) is 6.67. The molecule has 1 N–H and O–H groups in total. The quantitative estimate of drug-likeness (QED) is 0.737. The van der Waals surface area contributed by atoms with Crippen molar-refractivity contribution in [2.75, 3.05) is 13.1 Å². The average Bonchev–Trinajstić information content (AvgIpc) is 3.37. The summed E-state index contributed by atoms with van der Waals surface area (Å²) in [5.41, 5.74) is 1.61. The fourth-order valence-corrected chi connectivity index (χ4v) is 3.50. The summed E-state index contributed by atoms with van der Waals surface area (Å²) >= 11 is 0. The lowest BCUT2D eigenvalue weighted by Gasteiger charge is -2.17. The molecule has 1 aliphatic heterocycles. The Hall–Kier alpha value is -3.16. The molecule has 0 radical (unpaired) electrons. The van der Waals surface area contributed by atoms with Gasteiger partial charge in [0.05, 0.1) is 23.0 Å². The number of benzene rings is 1. The number of rotatable bonds is 3. The van der Waals surface area contributed by atoms with E-state index in [4.69, 9.17) is 0 Å². The molecule has 1 unspecified atom stereocenters. The predicted octanol–water partition coefficient (Wildman–Crippen LogP) is 4.12. The number of pyridine rings is 1. The fraction of sp³-hybridized carbons (Fsp3) is 0.250. The van der Waals surface area contributed by atoms with Crippen molar-refractivity contribution in [3.8, 4) is 11.3 Å². The van der Waals surface area contributed by atoms with Crippen LogP contribution in [0.2, 0.25) is 0 Å². The minimum atomic E-state index is -4.40. The van der Waals surface area contributed by atoms with Gasteiger partial charge in [-0.2, -0.15) is 18.3 Å². The van der Waals surface area contributed by atoms with E-state index in [1.807, 2.05) is 18.3 Å². The second-order valence-electron chi connectivity index (χ2n) is 6.76. The van der Waals surface area contributed by atoms with Gasteiger partial charge in [0.1, 0.15) is 0 Å². The number of hydrogen-bond donors (Lipinski definition) is 1. The number of aromatic nitrogens is 3. The summed E-state index contributed by atoms with van der Waals surface area (Å²) in [6, 6.07) is 8.55. The number of alkyl halides is 3. The molecule has 0 bridgehead atoms. The van der Waals surface area contributed by atoms with Crippen LogP contribution in [-0.2, 0) is 6.18 Å². The van der Waals surface area contributed by atoms with Crippen molar-refractivity contribution in [2.45, 2.75) is 18.5 Å². The second-order valence-corrected chi connectivity index (χ2v) is 6.76. The molecule has 144 valence electrons. The van der Waals surface area contributed by atoms with E-state index in [2.05, 4.69) is 15.2 Å². The van der Waals surface area contributed by atoms with Crippen molar-refractivity contribution < 1.29 is 18.0 Å². The predicted molar refractivity (Wildman–Crippen MR) is 96.5 cm³/mol. The molecule has 3 aromatic rings. The smallest absolute Gasteiger partial charge is 0.338 e. The standard InChI is InChI=1S/C20H17F3N4O/c21-20(22,23)16-5-3-13(4-6-16)18-17(11-25-26-18)19(28)27-9-7-15(12-27)14-2-1-8-24-10-14/h1-6,8,10-11,15H,7,9,12H2,(H,25,26). The van der Waals surface area contributed by atoms with E-state index in [1.165, 1.54) is 18.3 Å². The Balaban J connectivity index is 1.53. The summed E-state index contributed by atoms with van der Waals surface area (Å²) in [4.78, 5) is 18.9. The van der Waals surface area contributed by atoms with Gasteiger partial charge in [-0.1, -0.05) is 18.2 Å². The molecule has 0 saturated carbocycles. The molecule has 1 atom stereocenters. The van der Waals surface area contributed by atoms with Crippen LogP contribution in [0.4, 0.5) is 13.2 Å². The Morgan fingerprint density at radius 1 is 1.14 bits per heavy atom. The minimum absolute atomic E-state index is 0.185. The summed E-state index contributed by atoms with van der Waals surface area (Å²) in [5.74, 6) is 0.0362. The van der Waals surface area contributed by atoms with E-state index in [1.54, 1.807) is 11.1 Å². The Bertz CT molecular complexity index is 967. The van der Waals surface area contributed by atoms with Gasteiger partial charge in [0.2, 0.25) is 0 Å². The minimum Gasteiger partial charge on any atom is -0.338 e. The van der Waals surface area contributed by atoms with Crippen molar-refractivity contribution in [1.82, 2.24) is 20.1 Å². The lowest BCUT2D eigenvalue weighted by atomic mass is 10.0. The summed E-state index contributed by atoms with van der Waals surface area (Å²) in [6.07, 6.45) is 1.38. The van der Waals surface area contributed by atoms with Crippen LogP contribution in [-0.4, -0.2) is 39.1 Å². The van der Waals surface area contributed by atoms with Gasteiger partial charge in [0.15, 0.2) is 0 Å². The van der Waals surface area contributed by atoms with Crippen LogP contribution >= 0.6 is 0 Å². The van der Waals surface area contributed by atoms with Crippen LogP contribution in [0.25, 0.3) is 11.3 Å². The molecule has 8 heteroatoms. The highest BCUT2D eigenvalue weighted by Crippen LogP contribution is 2.32. The van der Waals surface area contributed by atoms with E-state index in [-0.39, 0.29) is 11.8 Å². The van der Waals surface area contributed by atoms with Gasteiger partial charge >= 0.3 is 6.18 Å². The SMILES string of the molecule is O=C(c1cn[nH]c1-c1ccc(C(F)(F)F)cc1)N1CCC(c2cccnc2)C1. The first kappa shape index (κ1) is 18.2. The average molecular weight is 386 g/mol. The monoisotopic (exact) mass is 386 g/mol. The highest BCUT2D eigenvalue weighted by atomic mass is 19.4. The Labute approximate surface area is 159 Å². The van der Waals surface area contributed by atoms with Crippen LogP contribution in [0.15, 0.2) is 55.0 Å². The number of carbonyl (C=O) groups is 1. The first-order valence-electron chi connectivity index (χ1n) is 8.83. The molecule has 28 heavy (non-hydrogen) atoms.